The Balaban J connectivity index is 2.14. The fourth-order valence-corrected chi connectivity index (χ4v) is 3.26. The molecular formula is C16H15BrO3S. The summed E-state index contributed by atoms with van der Waals surface area (Å²) in [6, 6.07) is 13.4. The van der Waals surface area contributed by atoms with E-state index in [2.05, 4.69) is 15.9 Å². The first-order valence-electron chi connectivity index (χ1n) is 6.42. The fourth-order valence-electron chi connectivity index (χ4n) is 1.71. The van der Waals surface area contributed by atoms with Gasteiger partial charge in [-0.05, 0) is 65.3 Å². The van der Waals surface area contributed by atoms with E-state index in [1.54, 1.807) is 31.9 Å². The first kappa shape index (κ1) is 15.9. The van der Waals surface area contributed by atoms with Gasteiger partial charge in [0.15, 0.2) is 0 Å². The van der Waals surface area contributed by atoms with Crippen LogP contribution in [0.2, 0.25) is 0 Å². The summed E-state index contributed by atoms with van der Waals surface area (Å²) in [6.07, 6.45) is 0. The minimum Gasteiger partial charge on any atom is -0.497 e. The highest BCUT2D eigenvalue weighted by Gasteiger charge is 2.11. The maximum absolute atomic E-state index is 11.7. The largest absolute Gasteiger partial charge is 0.497 e. The van der Waals surface area contributed by atoms with Crippen molar-refractivity contribution in [2.45, 2.75) is 16.7 Å². The zero-order chi connectivity index (χ0) is 15.2. The molecule has 0 N–H and O–H groups in total. The minimum absolute atomic E-state index is 0.314. The van der Waals surface area contributed by atoms with Crippen molar-refractivity contribution in [3.05, 3.63) is 52.5 Å². The predicted molar refractivity (Wildman–Crippen MR) is 87.2 cm³/mol. The molecule has 0 atom stereocenters. The van der Waals surface area contributed by atoms with Gasteiger partial charge < -0.3 is 9.47 Å². The minimum atomic E-state index is -0.314. The van der Waals surface area contributed by atoms with Crippen LogP contribution in [0.1, 0.15) is 17.3 Å². The molecule has 0 saturated carbocycles. The van der Waals surface area contributed by atoms with Crippen LogP contribution in [0.25, 0.3) is 0 Å². The number of methoxy groups -OCH3 is 1. The van der Waals surface area contributed by atoms with Gasteiger partial charge in [-0.2, -0.15) is 0 Å². The first-order chi connectivity index (χ1) is 10.1. The molecule has 0 aliphatic carbocycles. The molecule has 2 aromatic carbocycles. The molecule has 3 nitrogen and oxygen atoms in total. The SMILES string of the molecule is CCOC(=O)c1ccc(Sc2ccc(OC)cc2)cc1Br. The van der Waals surface area contributed by atoms with Crippen molar-refractivity contribution >= 4 is 33.7 Å². The van der Waals surface area contributed by atoms with Gasteiger partial charge in [0.05, 0.1) is 19.3 Å². The summed E-state index contributed by atoms with van der Waals surface area (Å²) < 4.78 is 10.9. The average Bonchev–Trinajstić information content (AvgIpc) is 2.48. The van der Waals surface area contributed by atoms with E-state index in [9.17, 15) is 4.79 Å². The third kappa shape index (κ3) is 4.25. The zero-order valence-electron chi connectivity index (χ0n) is 11.8. The number of esters is 1. The van der Waals surface area contributed by atoms with Crippen molar-refractivity contribution in [2.75, 3.05) is 13.7 Å². The molecule has 2 rings (SSSR count). The number of carbonyl (C=O) groups excluding carboxylic acids is 1. The number of ether oxygens (including phenoxy) is 2. The topological polar surface area (TPSA) is 35.5 Å². The van der Waals surface area contributed by atoms with Crippen LogP contribution in [0.5, 0.6) is 5.75 Å². The van der Waals surface area contributed by atoms with Gasteiger partial charge in [-0.1, -0.05) is 11.8 Å². The van der Waals surface area contributed by atoms with Gasteiger partial charge in [-0.3, -0.25) is 0 Å². The summed E-state index contributed by atoms with van der Waals surface area (Å²) in [5.74, 6) is 0.517. The van der Waals surface area contributed by atoms with Gasteiger partial charge in [0, 0.05) is 14.3 Å². The zero-order valence-corrected chi connectivity index (χ0v) is 14.2. The van der Waals surface area contributed by atoms with Crippen molar-refractivity contribution in [1.29, 1.82) is 0 Å². The number of benzene rings is 2. The molecule has 0 aliphatic heterocycles. The molecule has 0 amide bonds. The Labute approximate surface area is 136 Å². The lowest BCUT2D eigenvalue weighted by Crippen LogP contribution is -2.05. The monoisotopic (exact) mass is 366 g/mol. The van der Waals surface area contributed by atoms with E-state index in [4.69, 9.17) is 9.47 Å². The third-order valence-corrected chi connectivity index (χ3v) is 4.38. The second kappa shape index (κ2) is 7.52. The molecule has 0 unspecified atom stereocenters. The number of rotatable bonds is 5. The predicted octanol–water partition coefficient (Wildman–Crippen LogP) is 4.79. The van der Waals surface area contributed by atoms with Crippen molar-refractivity contribution < 1.29 is 14.3 Å². The Hall–Kier alpha value is -1.46. The highest BCUT2D eigenvalue weighted by atomic mass is 79.9. The van der Waals surface area contributed by atoms with Crippen molar-refractivity contribution in [2.24, 2.45) is 0 Å². The summed E-state index contributed by atoms with van der Waals surface area (Å²) in [5.41, 5.74) is 0.538. The van der Waals surface area contributed by atoms with Crippen molar-refractivity contribution in [1.82, 2.24) is 0 Å². The highest BCUT2D eigenvalue weighted by molar-refractivity contribution is 9.10. The Morgan fingerprint density at radius 2 is 1.81 bits per heavy atom. The third-order valence-electron chi connectivity index (χ3n) is 2.73. The van der Waals surface area contributed by atoms with Crippen LogP contribution in [-0.4, -0.2) is 19.7 Å². The molecule has 110 valence electrons. The van der Waals surface area contributed by atoms with Gasteiger partial charge in [0.1, 0.15) is 5.75 Å². The lowest BCUT2D eigenvalue weighted by Gasteiger charge is -2.07. The molecular weight excluding hydrogens is 352 g/mol. The van der Waals surface area contributed by atoms with Crippen LogP contribution in [0.3, 0.4) is 0 Å². The smallest absolute Gasteiger partial charge is 0.339 e. The molecule has 0 aromatic heterocycles. The Morgan fingerprint density at radius 1 is 1.14 bits per heavy atom. The summed E-state index contributed by atoms with van der Waals surface area (Å²) in [6.45, 7) is 2.16. The molecule has 0 saturated heterocycles. The standard InChI is InChI=1S/C16H15BrO3S/c1-3-20-16(18)14-9-8-13(10-15(14)17)21-12-6-4-11(19-2)5-7-12/h4-10H,3H2,1-2H3. The normalized spacial score (nSPS) is 10.2. The molecule has 0 spiro atoms. The molecule has 5 heteroatoms. The average molecular weight is 367 g/mol. The van der Waals surface area contributed by atoms with Crippen LogP contribution in [-0.2, 0) is 4.74 Å². The lowest BCUT2D eigenvalue weighted by molar-refractivity contribution is 0.0525. The van der Waals surface area contributed by atoms with Crippen LogP contribution in [0.15, 0.2) is 56.7 Å². The molecule has 0 aliphatic rings. The molecule has 2 aromatic rings. The molecule has 21 heavy (non-hydrogen) atoms. The van der Waals surface area contributed by atoms with E-state index >= 15 is 0 Å². The summed E-state index contributed by atoms with van der Waals surface area (Å²) in [4.78, 5) is 13.9. The summed E-state index contributed by atoms with van der Waals surface area (Å²) in [7, 11) is 1.65. The van der Waals surface area contributed by atoms with E-state index < -0.39 is 0 Å². The van der Waals surface area contributed by atoms with Gasteiger partial charge in [-0.25, -0.2) is 4.79 Å². The van der Waals surface area contributed by atoms with Gasteiger partial charge in [0.25, 0.3) is 0 Å². The number of hydrogen-bond acceptors (Lipinski definition) is 4. The Bertz CT molecular complexity index is 626. The fraction of sp³-hybridized carbons (Fsp3) is 0.188. The van der Waals surface area contributed by atoms with E-state index in [1.165, 1.54) is 0 Å². The van der Waals surface area contributed by atoms with Crippen LogP contribution >= 0.6 is 27.7 Å². The van der Waals surface area contributed by atoms with Crippen molar-refractivity contribution in [3.63, 3.8) is 0 Å². The van der Waals surface area contributed by atoms with E-state index in [-0.39, 0.29) is 5.97 Å². The first-order valence-corrected chi connectivity index (χ1v) is 8.03. The van der Waals surface area contributed by atoms with Crippen LogP contribution < -0.4 is 4.74 Å². The van der Waals surface area contributed by atoms with Crippen LogP contribution in [0, 0.1) is 0 Å². The van der Waals surface area contributed by atoms with E-state index in [1.807, 2.05) is 36.4 Å². The Kier molecular flexibility index (Phi) is 5.70. The quantitative estimate of drug-likeness (QED) is 0.712. The lowest BCUT2D eigenvalue weighted by atomic mass is 10.2. The second-order valence-corrected chi connectivity index (χ2v) is 6.14. The van der Waals surface area contributed by atoms with Gasteiger partial charge in [-0.15, -0.1) is 0 Å². The molecule has 0 heterocycles. The maximum Gasteiger partial charge on any atom is 0.339 e. The number of hydrogen-bond donors (Lipinski definition) is 0. The molecule has 0 fully saturated rings. The second-order valence-electron chi connectivity index (χ2n) is 4.14. The van der Waals surface area contributed by atoms with E-state index in [0.717, 1.165) is 20.0 Å². The Morgan fingerprint density at radius 3 is 2.38 bits per heavy atom. The number of carbonyl (C=O) groups is 1. The van der Waals surface area contributed by atoms with E-state index in [0.29, 0.717) is 12.2 Å². The maximum atomic E-state index is 11.7. The van der Waals surface area contributed by atoms with Gasteiger partial charge >= 0.3 is 5.97 Å². The summed E-state index contributed by atoms with van der Waals surface area (Å²) in [5, 5.41) is 0. The van der Waals surface area contributed by atoms with Gasteiger partial charge in [0.2, 0.25) is 0 Å². The number of halogens is 1. The molecule has 0 radical (unpaired) electrons. The highest BCUT2D eigenvalue weighted by Crippen LogP contribution is 2.32. The van der Waals surface area contributed by atoms with Crippen molar-refractivity contribution in [3.8, 4) is 5.75 Å². The van der Waals surface area contributed by atoms with Crippen LogP contribution in [0.4, 0.5) is 0 Å². The molecule has 0 bridgehead atoms. The summed E-state index contributed by atoms with van der Waals surface area (Å²) >= 11 is 5.04.